The van der Waals surface area contributed by atoms with E-state index in [0.717, 1.165) is 43.7 Å². The normalized spacial score (nSPS) is 19.2. The van der Waals surface area contributed by atoms with Gasteiger partial charge in [-0.2, -0.15) is 0 Å². The summed E-state index contributed by atoms with van der Waals surface area (Å²) in [5.41, 5.74) is 2.14. The van der Waals surface area contributed by atoms with Gasteiger partial charge in [-0.15, -0.1) is 6.58 Å². The second-order valence-corrected chi connectivity index (χ2v) is 6.93. The van der Waals surface area contributed by atoms with Gasteiger partial charge in [-0.05, 0) is 55.8 Å². The number of hydrogen-bond acceptors (Lipinski definition) is 3. The van der Waals surface area contributed by atoms with Crippen LogP contribution in [0.5, 0.6) is 0 Å². The summed E-state index contributed by atoms with van der Waals surface area (Å²) in [6.45, 7) is 7.11. The van der Waals surface area contributed by atoms with Gasteiger partial charge < -0.3 is 9.32 Å². The minimum atomic E-state index is -0.246. The highest BCUT2D eigenvalue weighted by atomic mass is 19.1. The predicted octanol–water partition coefficient (Wildman–Crippen LogP) is 3.60. The first-order chi connectivity index (χ1) is 12.1. The maximum absolute atomic E-state index is 14.0. The van der Waals surface area contributed by atoms with E-state index in [-0.39, 0.29) is 17.1 Å². The third-order valence-corrected chi connectivity index (χ3v) is 5.50. The van der Waals surface area contributed by atoms with Crippen LogP contribution in [-0.2, 0) is 5.41 Å². The Morgan fingerprint density at radius 2 is 2.12 bits per heavy atom. The molecule has 0 bridgehead atoms. The second kappa shape index (κ2) is 6.15. The fourth-order valence-corrected chi connectivity index (χ4v) is 4.14. The molecule has 0 saturated carbocycles. The number of amides is 1. The summed E-state index contributed by atoms with van der Waals surface area (Å²) in [4.78, 5) is 17.0. The lowest BCUT2D eigenvalue weighted by Crippen LogP contribution is -2.46. The van der Waals surface area contributed by atoms with Crippen LogP contribution in [0.2, 0.25) is 0 Å². The standard InChI is InChI=1S/C20H21FN2O2/c1-2-8-22-9-6-20(7-10-22)14-23(19(24)15-5-11-25-13-15)18-4-3-16(21)12-17(18)20/h2-5,11-13H,1,6-10,14H2. The SMILES string of the molecule is C=CCN1CCC2(CC1)CN(C(=O)c1ccoc1)c1ccc(F)cc12. The van der Waals surface area contributed by atoms with E-state index in [9.17, 15) is 9.18 Å². The Balaban J connectivity index is 1.68. The zero-order chi connectivity index (χ0) is 17.4. The first kappa shape index (κ1) is 16.1. The predicted molar refractivity (Wildman–Crippen MR) is 94.3 cm³/mol. The summed E-state index contributed by atoms with van der Waals surface area (Å²) < 4.78 is 19.0. The molecule has 3 heterocycles. The highest BCUT2D eigenvalue weighted by Crippen LogP contribution is 2.47. The number of fused-ring (bicyclic) bond motifs is 2. The molecular weight excluding hydrogens is 319 g/mol. The number of piperidine rings is 1. The van der Waals surface area contributed by atoms with Crippen LogP contribution in [0.1, 0.15) is 28.8 Å². The lowest BCUT2D eigenvalue weighted by molar-refractivity contribution is 0.0977. The summed E-state index contributed by atoms with van der Waals surface area (Å²) in [6, 6.07) is 6.44. The minimum absolute atomic E-state index is 0.0907. The van der Waals surface area contributed by atoms with E-state index in [1.54, 1.807) is 23.1 Å². The molecule has 0 radical (unpaired) electrons. The van der Waals surface area contributed by atoms with Crippen molar-refractivity contribution in [2.75, 3.05) is 31.1 Å². The molecule has 2 aliphatic rings. The molecule has 1 fully saturated rings. The molecule has 2 aliphatic heterocycles. The van der Waals surface area contributed by atoms with Gasteiger partial charge in [0.25, 0.3) is 5.91 Å². The van der Waals surface area contributed by atoms with E-state index < -0.39 is 0 Å². The van der Waals surface area contributed by atoms with Gasteiger partial charge in [-0.1, -0.05) is 6.08 Å². The van der Waals surface area contributed by atoms with Crippen LogP contribution in [-0.4, -0.2) is 37.0 Å². The van der Waals surface area contributed by atoms with Gasteiger partial charge in [0.05, 0.1) is 11.8 Å². The van der Waals surface area contributed by atoms with Crippen molar-refractivity contribution in [3.05, 3.63) is 66.4 Å². The molecule has 4 rings (SSSR count). The van der Waals surface area contributed by atoms with Crippen LogP contribution < -0.4 is 4.90 Å². The zero-order valence-corrected chi connectivity index (χ0v) is 14.1. The molecule has 25 heavy (non-hydrogen) atoms. The highest BCUT2D eigenvalue weighted by molar-refractivity contribution is 6.07. The average molecular weight is 340 g/mol. The number of halogens is 1. The molecule has 0 atom stereocenters. The molecule has 0 N–H and O–H groups in total. The molecule has 1 aromatic carbocycles. The molecule has 0 unspecified atom stereocenters. The Hall–Kier alpha value is -2.40. The number of rotatable bonds is 3. The number of carbonyl (C=O) groups is 1. The Bertz CT molecular complexity index is 792. The van der Waals surface area contributed by atoms with Gasteiger partial charge in [0.1, 0.15) is 12.1 Å². The van der Waals surface area contributed by atoms with Crippen molar-refractivity contribution in [3.63, 3.8) is 0 Å². The molecule has 1 spiro atoms. The van der Waals surface area contributed by atoms with E-state index in [0.29, 0.717) is 12.1 Å². The molecule has 0 aliphatic carbocycles. The smallest absolute Gasteiger partial charge is 0.261 e. The maximum atomic E-state index is 14.0. The first-order valence-corrected chi connectivity index (χ1v) is 8.60. The molecule has 1 aromatic heterocycles. The van der Waals surface area contributed by atoms with Crippen molar-refractivity contribution in [1.82, 2.24) is 4.90 Å². The number of anilines is 1. The van der Waals surface area contributed by atoms with Crippen LogP contribution in [0.3, 0.4) is 0 Å². The summed E-state index contributed by atoms with van der Waals surface area (Å²) in [5.74, 6) is -0.337. The molecule has 130 valence electrons. The topological polar surface area (TPSA) is 36.7 Å². The minimum Gasteiger partial charge on any atom is -0.472 e. The lowest BCUT2D eigenvalue weighted by Gasteiger charge is -2.39. The van der Waals surface area contributed by atoms with E-state index >= 15 is 0 Å². The van der Waals surface area contributed by atoms with Crippen LogP contribution in [0, 0.1) is 5.82 Å². The fraction of sp³-hybridized carbons (Fsp3) is 0.350. The van der Waals surface area contributed by atoms with Gasteiger partial charge in [0.2, 0.25) is 0 Å². The zero-order valence-electron chi connectivity index (χ0n) is 14.1. The van der Waals surface area contributed by atoms with Gasteiger partial charge >= 0.3 is 0 Å². The number of furan rings is 1. The Morgan fingerprint density at radius 1 is 1.32 bits per heavy atom. The second-order valence-electron chi connectivity index (χ2n) is 6.93. The van der Waals surface area contributed by atoms with Gasteiger partial charge in [0.15, 0.2) is 0 Å². The van der Waals surface area contributed by atoms with Crippen molar-refractivity contribution in [3.8, 4) is 0 Å². The molecular formula is C20H21FN2O2. The number of likely N-dealkylation sites (tertiary alicyclic amines) is 1. The van der Waals surface area contributed by atoms with Crippen molar-refractivity contribution in [2.45, 2.75) is 18.3 Å². The van der Waals surface area contributed by atoms with Crippen molar-refractivity contribution >= 4 is 11.6 Å². The third kappa shape index (κ3) is 2.68. The van der Waals surface area contributed by atoms with Crippen molar-refractivity contribution in [1.29, 1.82) is 0 Å². The van der Waals surface area contributed by atoms with Crippen molar-refractivity contribution < 1.29 is 13.6 Å². The van der Waals surface area contributed by atoms with Gasteiger partial charge in [-0.3, -0.25) is 9.69 Å². The van der Waals surface area contributed by atoms with E-state index in [4.69, 9.17) is 4.42 Å². The summed E-state index contributed by atoms with van der Waals surface area (Å²) >= 11 is 0. The largest absolute Gasteiger partial charge is 0.472 e. The van der Waals surface area contributed by atoms with Gasteiger partial charge in [0, 0.05) is 24.2 Å². The highest BCUT2D eigenvalue weighted by Gasteiger charge is 2.46. The van der Waals surface area contributed by atoms with Crippen LogP contribution in [0.25, 0.3) is 0 Å². The fourth-order valence-electron chi connectivity index (χ4n) is 4.14. The van der Waals surface area contributed by atoms with Crippen LogP contribution in [0.15, 0.2) is 53.9 Å². The molecule has 4 nitrogen and oxygen atoms in total. The van der Waals surface area contributed by atoms with E-state index in [2.05, 4.69) is 11.5 Å². The lowest BCUT2D eigenvalue weighted by atomic mass is 9.74. The summed E-state index contributed by atoms with van der Waals surface area (Å²) in [7, 11) is 0. The quantitative estimate of drug-likeness (QED) is 0.801. The number of hydrogen-bond donors (Lipinski definition) is 0. The number of carbonyl (C=O) groups excluding carboxylic acids is 1. The Kier molecular flexibility index (Phi) is 3.96. The van der Waals surface area contributed by atoms with Gasteiger partial charge in [-0.25, -0.2) is 4.39 Å². The summed E-state index contributed by atoms with van der Waals surface area (Å²) in [5, 5.41) is 0. The van der Waals surface area contributed by atoms with E-state index in [1.165, 1.54) is 18.6 Å². The molecule has 5 heteroatoms. The maximum Gasteiger partial charge on any atom is 0.261 e. The van der Waals surface area contributed by atoms with Crippen LogP contribution >= 0.6 is 0 Å². The van der Waals surface area contributed by atoms with E-state index in [1.807, 2.05) is 6.08 Å². The van der Waals surface area contributed by atoms with Crippen molar-refractivity contribution in [2.24, 2.45) is 0 Å². The molecule has 2 aromatic rings. The molecule has 1 saturated heterocycles. The molecule has 1 amide bonds. The number of benzene rings is 1. The average Bonchev–Trinajstić information content (AvgIpc) is 3.25. The summed E-state index contributed by atoms with van der Waals surface area (Å²) in [6.07, 6.45) is 6.69. The number of nitrogens with zero attached hydrogens (tertiary/aromatic N) is 2. The monoisotopic (exact) mass is 340 g/mol. The first-order valence-electron chi connectivity index (χ1n) is 8.60. The Morgan fingerprint density at radius 3 is 2.80 bits per heavy atom. The van der Waals surface area contributed by atoms with Crippen LogP contribution in [0.4, 0.5) is 10.1 Å². The Labute approximate surface area is 146 Å². The third-order valence-electron chi connectivity index (χ3n) is 5.50.